The van der Waals surface area contributed by atoms with Gasteiger partial charge in [-0.15, -0.1) is 24.0 Å². The maximum atomic E-state index is 5.82. The third-order valence-corrected chi connectivity index (χ3v) is 4.67. The van der Waals surface area contributed by atoms with E-state index in [1.54, 1.807) is 13.2 Å². The van der Waals surface area contributed by atoms with E-state index in [4.69, 9.17) is 11.6 Å². The third kappa shape index (κ3) is 7.32. The molecule has 0 saturated heterocycles. The Hall–Kier alpha value is -2.13. The Morgan fingerprint density at radius 3 is 2.62 bits per heavy atom. The molecule has 0 fully saturated rings. The average Bonchev–Trinajstić information content (AvgIpc) is 3.11. The van der Waals surface area contributed by atoms with Crippen LogP contribution in [0, 0.1) is 6.92 Å². The van der Waals surface area contributed by atoms with Gasteiger partial charge in [-0.25, -0.2) is 9.97 Å². The van der Waals surface area contributed by atoms with E-state index in [1.165, 1.54) is 11.1 Å². The fourth-order valence-electron chi connectivity index (χ4n) is 2.89. The van der Waals surface area contributed by atoms with Crippen LogP contribution < -0.4 is 10.6 Å². The number of aromatic nitrogens is 3. The SMILES string of the molecule is CN=C(NCCc1ccc(Cl)nc1)NCc1cccc(Cn2ccnc2C)c1.I. The Labute approximate surface area is 193 Å². The van der Waals surface area contributed by atoms with E-state index in [2.05, 4.69) is 54.4 Å². The van der Waals surface area contributed by atoms with Crippen molar-refractivity contribution in [3.8, 4) is 0 Å². The van der Waals surface area contributed by atoms with Crippen molar-refractivity contribution in [2.45, 2.75) is 26.4 Å². The fourth-order valence-corrected chi connectivity index (χ4v) is 3.00. The molecule has 1 aromatic carbocycles. The summed E-state index contributed by atoms with van der Waals surface area (Å²) in [6.45, 7) is 4.31. The number of halogens is 2. The first-order valence-electron chi connectivity index (χ1n) is 9.24. The van der Waals surface area contributed by atoms with Gasteiger partial charge < -0.3 is 15.2 Å². The first-order chi connectivity index (χ1) is 13.6. The smallest absolute Gasteiger partial charge is 0.191 e. The van der Waals surface area contributed by atoms with E-state index in [0.29, 0.717) is 11.7 Å². The summed E-state index contributed by atoms with van der Waals surface area (Å²) < 4.78 is 2.14. The highest BCUT2D eigenvalue weighted by Gasteiger charge is 2.02. The molecule has 0 radical (unpaired) electrons. The second kappa shape index (κ2) is 11.8. The van der Waals surface area contributed by atoms with Crippen LogP contribution in [-0.4, -0.2) is 34.1 Å². The highest BCUT2D eigenvalue weighted by Crippen LogP contribution is 2.09. The van der Waals surface area contributed by atoms with Crippen LogP contribution in [0.5, 0.6) is 0 Å². The lowest BCUT2D eigenvalue weighted by molar-refractivity contribution is 0.757. The number of benzene rings is 1. The van der Waals surface area contributed by atoms with E-state index in [1.807, 2.05) is 31.5 Å². The number of nitrogens with one attached hydrogen (secondary N) is 2. The van der Waals surface area contributed by atoms with Crippen molar-refractivity contribution >= 4 is 41.5 Å². The van der Waals surface area contributed by atoms with Crippen LogP contribution in [0.3, 0.4) is 0 Å². The van der Waals surface area contributed by atoms with Gasteiger partial charge >= 0.3 is 0 Å². The Morgan fingerprint density at radius 1 is 1.10 bits per heavy atom. The van der Waals surface area contributed by atoms with E-state index < -0.39 is 0 Å². The Bertz CT molecular complexity index is 923. The quantitative estimate of drug-likeness (QED) is 0.213. The van der Waals surface area contributed by atoms with E-state index in [-0.39, 0.29) is 24.0 Å². The fraction of sp³-hybridized carbons (Fsp3) is 0.286. The molecule has 29 heavy (non-hydrogen) atoms. The van der Waals surface area contributed by atoms with Crippen LogP contribution in [-0.2, 0) is 19.5 Å². The summed E-state index contributed by atoms with van der Waals surface area (Å²) in [7, 11) is 1.78. The zero-order valence-electron chi connectivity index (χ0n) is 16.6. The van der Waals surface area contributed by atoms with Crippen molar-refractivity contribution in [1.82, 2.24) is 25.2 Å². The number of nitrogens with zero attached hydrogens (tertiary/aromatic N) is 4. The minimum Gasteiger partial charge on any atom is -0.356 e. The molecule has 2 aromatic heterocycles. The van der Waals surface area contributed by atoms with Gasteiger partial charge in [-0.3, -0.25) is 4.99 Å². The molecular formula is C21H26ClIN6. The van der Waals surface area contributed by atoms with Crippen molar-refractivity contribution in [1.29, 1.82) is 0 Å². The highest BCUT2D eigenvalue weighted by atomic mass is 127. The van der Waals surface area contributed by atoms with Crippen LogP contribution in [0.15, 0.2) is 60.0 Å². The van der Waals surface area contributed by atoms with Crippen molar-refractivity contribution in [2.24, 2.45) is 4.99 Å². The van der Waals surface area contributed by atoms with Gasteiger partial charge in [0.2, 0.25) is 0 Å². The van der Waals surface area contributed by atoms with E-state index >= 15 is 0 Å². The monoisotopic (exact) mass is 524 g/mol. The normalized spacial score (nSPS) is 11.1. The van der Waals surface area contributed by atoms with Gasteiger partial charge in [-0.05, 0) is 36.1 Å². The number of imidazole rings is 1. The molecule has 0 aliphatic rings. The molecule has 0 atom stereocenters. The molecule has 3 aromatic rings. The third-order valence-electron chi connectivity index (χ3n) is 4.45. The topological polar surface area (TPSA) is 67.1 Å². The van der Waals surface area contributed by atoms with Gasteiger partial charge in [0.15, 0.2) is 5.96 Å². The minimum absolute atomic E-state index is 0. The molecule has 0 unspecified atom stereocenters. The number of aryl methyl sites for hydroxylation is 1. The lowest BCUT2D eigenvalue weighted by Crippen LogP contribution is -2.37. The Morgan fingerprint density at radius 2 is 1.93 bits per heavy atom. The standard InChI is InChI=1S/C21H25ClN6.HI/c1-16-24-10-11-28(16)15-19-5-3-4-18(12-19)14-27-21(23-2)25-9-8-17-6-7-20(22)26-13-17;/h3-7,10-13H,8-9,14-15H2,1-2H3,(H2,23,25,27);1H. The molecule has 3 rings (SSSR count). The largest absolute Gasteiger partial charge is 0.356 e. The molecule has 0 aliphatic carbocycles. The van der Waals surface area contributed by atoms with Crippen molar-refractivity contribution in [3.63, 3.8) is 0 Å². The highest BCUT2D eigenvalue weighted by molar-refractivity contribution is 14.0. The number of aliphatic imine (C=N–C) groups is 1. The predicted octanol–water partition coefficient (Wildman–Crippen LogP) is 3.81. The molecule has 0 saturated carbocycles. The second-order valence-corrected chi connectivity index (χ2v) is 6.90. The first kappa shape index (κ1) is 23.2. The molecule has 0 spiro atoms. The zero-order valence-corrected chi connectivity index (χ0v) is 19.7. The van der Waals surface area contributed by atoms with Gasteiger partial charge in [-0.1, -0.05) is 41.9 Å². The molecule has 0 amide bonds. The van der Waals surface area contributed by atoms with E-state index in [9.17, 15) is 0 Å². The molecule has 154 valence electrons. The summed E-state index contributed by atoms with van der Waals surface area (Å²) in [5.74, 6) is 1.79. The van der Waals surface area contributed by atoms with Crippen LogP contribution in [0.4, 0.5) is 0 Å². The van der Waals surface area contributed by atoms with Crippen LogP contribution in [0.25, 0.3) is 0 Å². The molecule has 6 nitrogen and oxygen atoms in total. The Kier molecular flexibility index (Phi) is 9.40. The molecule has 2 N–H and O–H groups in total. The number of guanidine groups is 1. The first-order valence-corrected chi connectivity index (χ1v) is 9.62. The molecule has 8 heteroatoms. The lowest BCUT2D eigenvalue weighted by Gasteiger charge is -2.13. The molecular weight excluding hydrogens is 499 g/mol. The minimum atomic E-state index is 0. The summed E-state index contributed by atoms with van der Waals surface area (Å²) in [6.07, 6.45) is 6.48. The van der Waals surface area contributed by atoms with Crippen LogP contribution in [0.1, 0.15) is 22.5 Å². The molecule has 2 heterocycles. The predicted molar refractivity (Wildman–Crippen MR) is 129 cm³/mol. The number of hydrogen-bond donors (Lipinski definition) is 2. The lowest BCUT2D eigenvalue weighted by atomic mass is 10.1. The summed E-state index contributed by atoms with van der Waals surface area (Å²) in [5, 5.41) is 7.20. The summed E-state index contributed by atoms with van der Waals surface area (Å²) in [5.41, 5.74) is 3.59. The van der Waals surface area contributed by atoms with Gasteiger partial charge in [0.1, 0.15) is 11.0 Å². The van der Waals surface area contributed by atoms with Crippen LogP contribution in [0.2, 0.25) is 5.15 Å². The van der Waals surface area contributed by atoms with Crippen molar-refractivity contribution in [3.05, 3.63) is 82.7 Å². The van der Waals surface area contributed by atoms with Crippen molar-refractivity contribution < 1.29 is 0 Å². The van der Waals surface area contributed by atoms with Gasteiger partial charge in [-0.2, -0.15) is 0 Å². The van der Waals surface area contributed by atoms with Gasteiger partial charge in [0.25, 0.3) is 0 Å². The maximum absolute atomic E-state index is 5.82. The number of rotatable bonds is 7. The van der Waals surface area contributed by atoms with Gasteiger partial charge in [0, 0.05) is 45.3 Å². The molecule has 0 bridgehead atoms. The maximum Gasteiger partial charge on any atom is 0.191 e. The Balaban J connectivity index is 0.00000300. The second-order valence-electron chi connectivity index (χ2n) is 6.51. The zero-order chi connectivity index (χ0) is 19.8. The van der Waals surface area contributed by atoms with Gasteiger partial charge in [0.05, 0.1) is 0 Å². The van der Waals surface area contributed by atoms with Crippen molar-refractivity contribution in [2.75, 3.05) is 13.6 Å². The number of hydrogen-bond acceptors (Lipinski definition) is 3. The number of pyridine rings is 1. The molecule has 0 aliphatic heterocycles. The van der Waals surface area contributed by atoms with E-state index in [0.717, 1.165) is 36.9 Å². The summed E-state index contributed by atoms with van der Waals surface area (Å²) >= 11 is 5.82. The average molecular weight is 525 g/mol. The van der Waals surface area contributed by atoms with Crippen LogP contribution >= 0.6 is 35.6 Å². The summed E-state index contributed by atoms with van der Waals surface area (Å²) in [4.78, 5) is 12.7. The summed E-state index contributed by atoms with van der Waals surface area (Å²) in [6, 6.07) is 12.3.